The molecule has 0 atom stereocenters. The van der Waals surface area contributed by atoms with E-state index in [1.807, 2.05) is 0 Å². The first-order valence-corrected chi connectivity index (χ1v) is 3.84. The van der Waals surface area contributed by atoms with Crippen molar-refractivity contribution in [1.29, 1.82) is 0 Å². The van der Waals surface area contributed by atoms with Crippen molar-refractivity contribution in [1.82, 2.24) is 5.32 Å². The van der Waals surface area contributed by atoms with Gasteiger partial charge in [0, 0.05) is 27.4 Å². The van der Waals surface area contributed by atoms with Crippen LogP contribution in [-0.4, -0.2) is 38.4 Å². The molecule has 0 aliphatic carbocycles. The molecule has 0 bridgehead atoms. The lowest BCUT2D eigenvalue weighted by Crippen LogP contribution is -2.47. The lowest BCUT2D eigenvalue weighted by Gasteiger charge is -2.27. The van der Waals surface area contributed by atoms with E-state index in [1.54, 1.807) is 0 Å². The highest BCUT2D eigenvalue weighted by Crippen LogP contribution is 2.07. The van der Waals surface area contributed by atoms with Gasteiger partial charge >= 0.3 is 0 Å². The molecule has 0 fully saturated rings. The van der Waals surface area contributed by atoms with Gasteiger partial charge in [-0.05, 0) is 12.5 Å². The van der Waals surface area contributed by atoms with E-state index in [0.717, 1.165) is 0 Å². The minimum atomic E-state index is -0.921. The largest absolute Gasteiger partial charge is 0.396 e. The third-order valence-corrected chi connectivity index (χ3v) is 1.58. The van der Waals surface area contributed by atoms with Gasteiger partial charge in [0.2, 0.25) is 5.91 Å². The predicted molar refractivity (Wildman–Crippen MR) is 46.7 cm³/mol. The summed E-state index contributed by atoms with van der Waals surface area (Å²) in [5.74, 6) is -0.921. The summed E-state index contributed by atoms with van der Waals surface area (Å²) < 4.78 is 10.1. The zero-order chi connectivity index (χ0) is 9.45. The van der Waals surface area contributed by atoms with Gasteiger partial charge in [-0.2, -0.15) is 0 Å². The fraction of sp³-hybridized carbons (Fsp3) is 0.750. The number of nitrogens with one attached hydrogen (secondary N) is 1. The monoisotopic (exact) mass is 175 g/mol. The van der Waals surface area contributed by atoms with Crippen molar-refractivity contribution >= 4 is 0 Å². The van der Waals surface area contributed by atoms with E-state index >= 15 is 0 Å². The van der Waals surface area contributed by atoms with Crippen LogP contribution in [0.2, 0.25) is 0 Å². The van der Waals surface area contributed by atoms with Crippen molar-refractivity contribution in [2.45, 2.75) is 12.3 Å². The molecule has 0 aromatic rings. The van der Waals surface area contributed by atoms with Crippen LogP contribution in [0.3, 0.4) is 0 Å². The summed E-state index contributed by atoms with van der Waals surface area (Å²) in [4.78, 5) is 0. The molecule has 0 amide bonds. The Balaban J connectivity index is 3.84. The highest BCUT2D eigenvalue weighted by Gasteiger charge is 2.23. The number of hydrogen-bond donors (Lipinski definition) is 2. The highest BCUT2D eigenvalue weighted by molar-refractivity contribution is 4.86. The molecule has 4 nitrogen and oxygen atoms in total. The van der Waals surface area contributed by atoms with Crippen LogP contribution in [0.5, 0.6) is 0 Å². The Bertz CT molecular complexity index is 123. The molecule has 0 radical (unpaired) electrons. The van der Waals surface area contributed by atoms with E-state index in [2.05, 4.69) is 11.9 Å². The second-order valence-electron chi connectivity index (χ2n) is 2.28. The molecule has 4 heteroatoms. The van der Waals surface area contributed by atoms with E-state index in [9.17, 15) is 0 Å². The normalized spacial score (nSPS) is 11.6. The molecule has 0 aliphatic heterocycles. The van der Waals surface area contributed by atoms with E-state index < -0.39 is 5.91 Å². The summed E-state index contributed by atoms with van der Waals surface area (Å²) in [5, 5.41) is 11.5. The van der Waals surface area contributed by atoms with Crippen molar-refractivity contribution < 1.29 is 14.6 Å². The van der Waals surface area contributed by atoms with Gasteiger partial charge < -0.3 is 14.6 Å². The smallest absolute Gasteiger partial charge is 0.247 e. The lowest BCUT2D eigenvalue weighted by molar-refractivity contribution is -0.191. The first-order chi connectivity index (χ1) is 5.74. The van der Waals surface area contributed by atoms with E-state index in [4.69, 9.17) is 14.6 Å². The summed E-state index contributed by atoms with van der Waals surface area (Å²) in [5.41, 5.74) is 0. The van der Waals surface area contributed by atoms with Crippen molar-refractivity contribution in [3.8, 4) is 0 Å². The average molecular weight is 175 g/mol. The highest BCUT2D eigenvalue weighted by atomic mass is 16.7. The number of methoxy groups -OCH3 is 2. The molecule has 72 valence electrons. The second-order valence-corrected chi connectivity index (χ2v) is 2.28. The average Bonchev–Trinajstić information content (AvgIpc) is 2.14. The van der Waals surface area contributed by atoms with Crippen molar-refractivity contribution in [2.24, 2.45) is 0 Å². The Morgan fingerprint density at radius 2 is 2.08 bits per heavy atom. The van der Waals surface area contributed by atoms with Gasteiger partial charge in [-0.25, -0.2) is 0 Å². The van der Waals surface area contributed by atoms with Crippen LogP contribution in [0.15, 0.2) is 12.7 Å². The van der Waals surface area contributed by atoms with E-state index in [-0.39, 0.29) is 6.61 Å². The molecule has 0 unspecified atom stereocenters. The van der Waals surface area contributed by atoms with Crippen molar-refractivity contribution in [3.63, 3.8) is 0 Å². The maximum Gasteiger partial charge on any atom is 0.247 e. The maximum absolute atomic E-state index is 8.53. The van der Waals surface area contributed by atoms with Gasteiger partial charge in [0.15, 0.2) is 0 Å². The van der Waals surface area contributed by atoms with Gasteiger partial charge in [0.1, 0.15) is 0 Å². The van der Waals surface area contributed by atoms with Crippen LogP contribution in [0, 0.1) is 0 Å². The Labute approximate surface area is 73.2 Å². The standard InChI is InChI=1S/C8H17NO3/c1-4-8(11-2,12-3)9-6-5-7-10/h4,9-10H,1,5-7H2,2-3H3. The molecule has 0 rings (SSSR count). The van der Waals surface area contributed by atoms with Crippen LogP contribution >= 0.6 is 0 Å². The summed E-state index contributed by atoms with van der Waals surface area (Å²) in [6, 6.07) is 0. The van der Waals surface area contributed by atoms with Gasteiger partial charge in [0.25, 0.3) is 0 Å². The molecule has 12 heavy (non-hydrogen) atoms. The molecule has 0 saturated heterocycles. The fourth-order valence-corrected chi connectivity index (χ4v) is 0.808. The number of rotatable bonds is 7. The predicted octanol–water partition coefficient (Wildman–Crippen LogP) is 0.0910. The molecule has 0 aromatic carbocycles. The van der Waals surface area contributed by atoms with E-state index in [1.165, 1.54) is 20.3 Å². The Morgan fingerprint density at radius 3 is 2.42 bits per heavy atom. The van der Waals surface area contributed by atoms with Crippen LogP contribution in [0.4, 0.5) is 0 Å². The Hall–Kier alpha value is -0.420. The molecule has 0 saturated carbocycles. The number of aliphatic hydroxyl groups is 1. The quantitative estimate of drug-likeness (QED) is 0.327. The zero-order valence-corrected chi connectivity index (χ0v) is 7.67. The zero-order valence-electron chi connectivity index (χ0n) is 7.67. The van der Waals surface area contributed by atoms with Crippen molar-refractivity contribution in [3.05, 3.63) is 12.7 Å². The first-order valence-electron chi connectivity index (χ1n) is 3.84. The third kappa shape index (κ3) is 3.32. The van der Waals surface area contributed by atoms with Crippen LogP contribution in [-0.2, 0) is 9.47 Å². The number of hydrogen-bond acceptors (Lipinski definition) is 4. The van der Waals surface area contributed by atoms with Gasteiger partial charge in [-0.3, -0.25) is 5.32 Å². The molecular weight excluding hydrogens is 158 g/mol. The first kappa shape index (κ1) is 11.6. The van der Waals surface area contributed by atoms with Crippen LogP contribution in [0.25, 0.3) is 0 Å². The second kappa shape index (κ2) is 6.14. The van der Waals surface area contributed by atoms with Gasteiger partial charge in [-0.15, -0.1) is 0 Å². The maximum atomic E-state index is 8.53. The SMILES string of the molecule is C=CC(NCCCO)(OC)OC. The van der Waals surface area contributed by atoms with Gasteiger partial charge in [-0.1, -0.05) is 6.58 Å². The minimum absolute atomic E-state index is 0.146. The molecule has 2 N–H and O–H groups in total. The van der Waals surface area contributed by atoms with Gasteiger partial charge in [0.05, 0.1) is 0 Å². The summed E-state index contributed by atoms with van der Waals surface area (Å²) in [6.45, 7) is 4.34. The molecule has 0 aromatic heterocycles. The molecule has 0 spiro atoms. The summed E-state index contributed by atoms with van der Waals surface area (Å²) in [7, 11) is 3.05. The summed E-state index contributed by atoms with van der Waals surface area (Å²) in [6.07, 6.45) is 2.19. The van der Waals surface area contributed by atoms with Crippen LogP contribution < -0.4 is 5.32 Å². The number of aliphatic hydroxyl groups excluding tert-OH is 1. The molecule has 0 aliphatic rings. The van der Waals surface area contributed by atoms with Crippen LogP contribution in [0.1, 0.15) is 6.42 Å². The fourth-order valence-electron chi connectivity index (χ4n) is 0.808. The Morgan fingerprint density at radius 1 is 1.50 bits per heavy atom. The Kier molecular flexibility index (Phi) is 5.92. The third-order valence-electron chi connectivity index (χ3n) is 1.58. The minimum Gasteiger partial charge on any atom is -0.396 e. The topological polar surface area (TPSA) is 50.7 Å². The van der Waals surface area contributed by atoms with E-state index in [0.29, 0.717) is 13.0 Å². The van der Waals surface area contributed by atoms with Crippen molar-refractivity contribution in [2.75, 3.05) is 27.4 Å². The number of ether oxygens (including phenoxy) is 2. The lowest BCUT2D eigenvalue weighted by atomic mass is 10.4. The molecule has 0 heterocycles. The summed E-state index contributed by atoms with van der Waals surface area (Å²) >= 11 is 0. The molecular formula is C8H17NO3.